The van der Waals surface area contributed by atoms with Crippen molar-refractivity contribution in [2.24, 2.45) is 11.8 Å². The van der Waals surface area contributed by atoms with Crippen molar-refractivity contribution in [3.8, 4) is 0 Å². The maximum Gasteiger partial charge on any atom is 0.226 e. The highest BCUT2D eigenvalue weighted by atomic mass is 32.2. The average Bonchev–Trinajstić information content (AvgIpc) is 3.05. The third kappa shape index (κ3) is 5.34. The molecular formula is C22H32FNO3S. The Balaban J connectivity index is 1.71. The van der Waals surface area contributed by atoms with E-state index in [0.29, 0.717) is 17.9 Å². The predicted octanol–water partition coefficient (Wildman–Crippen LogP) is 4.34. The van der Waals surface area contributed by atoms with Crippen LogP contribution in [-0.4, -0.2) is 36.8 Å². The molecule has 0 spiro atoms. The van der Waals surface area contributed by atoms with Gasteiger partial charge in [0.2, 0.25) is 5.91 Å². The van der Waals surface area contributed by atoms with Gasteiger partial charge in [-0.25, -0.2) is 12.8 Å². The zero-order valence-electron chi connectivity index (χ0n) is 16.8. The van der Waals surface area contributed by atoms with Gasteiger partial charge < -0.3 is 4.90 Å². The second-order valence-corrected chi connectivity index (χ2v) is 10.7. The summed E-state index contributed by atoms with van der Waals surface area (Å²) in [5.41, 5.74) is 0.455. The summed E-state index contributed by atoms with van der Waals surface area (Å²) in [6.45, 7) is 2.35. The molecule has 28 heavy (non-hydrogen) atoms. The Kier molecular flexibility index (Phi) is 7.13. The molecule has 0 bridgehead atoms. The van der Waals surface area contributed by atoms with Gasteiger partial charge >= 0.3 is 0 Å². The molecule has 1 amide bonds. The third-order valence-corrected chi connectivity index (χ3v) is 8.14. The SMILES string of the molecule is CCCCC1CCC(C(=O)N(Cc2ccccc2F)C2CCS(=O)(=O)C2)CC1. The van der Waals surface area contributed by atoms with Crippen molar-refractivity contribution in [1.82, 2.24) is 4.90 Å². The van der Waals surface area contributed by atoms with Gasteiger partial charge in [0.1, 0.15) is 5.82 Å². The van der Waals surface area contributed by atoms with Gasteiger partial charge in [-0.15, -0.1) is 0 Å². The van der Waals surface area contributed by atoms with Gasteiger partial charge in [0, 0.05) is 24.1 Å². The highest BCUT2D eigenvalue weighted by Gasteiger charge is 2.38. The Labute approximate surface area is 168 Å². The molecule has 2 fully saturated rings. The van der Waals surface area contributed by atoms with Crippen molar-refractivity contribution < 1.29 is 17.6 Å². The maximum absolute atomic E-state index is 14.2. The Morgan fingerprint density at radius 3 is 2.46 bits per heavy atom. The highest BCUT2D eigenvalue weighted by molar-refractivity contribution is 7.91. The van der Waals surface area contributed by atoms with Gasteiger partial charge in [-0.2, -0.15) is 0 Å². The molecule has 4 nitrogen and oxygen atoms in total. The van der Waals surface area contributed by atoms with Crippen LogP contribution in [0.2, 0.25) is 0 Å². The quantitative estimate of drug-likeness (QED) is 0.673. The first kappa shape index (κ1) is 21.3. The molecule has 0 N–H and O–H groups in total. The molecule has 156 valence electrons. The minimum atomic E-state index is -3.11. The highest BCUT2D eigenvalue weighted by Crippen LogP contribution is 2.34. The van der Waals surface area contributed by atoms with Crippen LogP contribution in [0.3, 0.4) is 0 Å². The number of halogens is 1. The van der Waals surface area contributed by atoms with Crippen LogP contribution in [0.25, 0.3) is 0 Å². The van der Waals surface area contributed by atoms with Crippen molar-refractivity contribution in [2.75, 3.05) is 11.5 Å². The standard InChI is InChI=1S/C22H32FNO3S/c1-2-3-6-17-9-11-18(12-10-17)22(25)24(20-13-14-28(26,27)16-20)15-19-7-4-5-8-21(19)23/h4-5,7-8,17-18,20H,2-3,6,9-16H2,1H3. The van der Waals surface area contributed by atoms with Gasteiger partial charge in [0.15, 0.2) is 9.84 Å². The summed E-state index contributed by atoms with van der Waals surface area (Å²) in [4.78, 5) is 15.0. The predicted molar refractivity (Wildman–Crippen MR) is 109 cm³/mol. The number of sulfone groups is 1. The number of unbranched alkanes of at least 4 members (excludes halogenated alkanes) is 1. The smallest absolute Gasteiger partial charge is 0.226 e. The van der Waals surface area contributed by atoms with E-state index in [1.165, 1.54) is 25.3 Å². The van der Waals surface area contributed by atoms with Crippen LogP contribution in [0.15, 0.2) is 24.3 Å². The number of amides is 1. The average molecular weight is 410 g/mol. The van der Waals surface area contributed by atoms with E-state index in [9.17, 15) is 17.6 Å². The zero-order chi connectivity index (χ0) is 20.1. The van der Waals surface area contributed by atoms with Crippen LogP contribution in [0, 0.1) is 17.7 Å². The fourth-order valence-electron chi connectivity index (χ4n) is 4.64. The Bertz CT molecular complexity index is 772. The number of rotatable bonds is 7. The summed E-state index contributed by atoms with van der Waals surface area (Å²) >= 11 is 0. The Morgan fingerprint density at radius 1 is 1.14 bits per heavy atom. The summed E-state index contributed by atoms with van der Waals surface area (Å²) in [5.74, 6) is 0.425. The largest absolute Gasteiger partial charge is 0.334 e. The van der Waals surface area contributed by atoms with E-state index in [-0.39, 0.29) is 41.7 Å². The number of benzene rings is 1. The molecule has 1 aliphatic heterocycles. The van der Waals surface area contributed by atoms with Crippen molar-refractivity contribution in [1.29, 1.82) is 0 Å². The lowest BCUT2D eigenvalue weighted by Crippen LogP contribution is -2.44. The molecule has 1 aliphatic carbocycles. The van der Waals surface area contributed by atoms with Gasteiger partial charge in [-0.05, 0) is 44.1 Å². The first-order chi connectivity index (χ1) is 13.4. The van der Waals surface area contributed by atoms with E-state index in [0.717, 1.165) is 25.7 Å². The van der Waals surface area contributed by atoms with E-state index in [1.54, 1.807) is 23.1 Å². The lowest BCUT2D eigenvalue weighted by Gasteiger charge is -2.35. The van der Waals surface area contributed by atoms with Crippen molar-refractivity contribution in [2.45, 2.75) is 70.9 Å². The number of carbonyl (C=O) groups excluding carboxylic acids is 1. The molecule has 1 aromatic carbocycles. The van der Waals surface area contributed by atoms with Crippen LogP contribution < -0.4 is 0 Å². The van der Waals surface area contributed by atoms with Gasteiger partial charge in [0.05, 0.1) is 11.5 Å². The minimum absolute atomic E-state index is 0.000955. The molecular weight excluding hydrogens is 377 g/mol. The monoisotopic (exact) mass is 409 g/mol. The van der Waals surface area contributed by atoms with E-state index in [4.69, 9.17) is 0 Å². The first-order valence-corrected chi connectivity index (χ1v) is 12.5. The molecule has 1 heterocycles. The molecule has 3 rings (SSSR count). The van der Waals surface area contributed by atoms with Crippen LogP contribution in [0.1, 0.15) is 63.9 Å². The van der Waals surface area contributed by atoms with Gasteiger partial charge in [-0.3, -0.25) is 4.79 Å². The summed E-state index contributed by atoms with van der Waals surface area (Å²) in [6.07, 6.45) is 7.97. The lowest BCUT2D eigenvalue weighted by molar-refractivity contribution is -0.139. The topological polar surface area (TPSA) is 54.5 Å². The van der Waals surface area contributed by atoms with Crippen molar-refractivity contribution >= 4 is 15.7 Å². The minimum Gasteiger partial charge on any atom is -0.334 e. The number of hydrogen-bond acceptors (Lipinski definition) is 3. The second-order valence-electron chi connectivity index (χ2n) is 8.47. The molecule has 0 aromatic heterocycles. The molecule has 1 unspecified atom stereocenters. The summed E-state index contributed by atoms with van der Waals surface area (Å²) < 4.78 is 38.2. The number of hydrogen-bond donors (Lipinski definition) is 0. The zero-order valence-corrected chi connectivity index (χ0v) is 17.6. The fraction of sp³-hybridized carbons (Fsp3) is 0.682. The lowest BCUT2D eigenvalue weighted by atomic mass is 9.79. The Morgan fingerprint density at radius 2 is 1.86 bits per heavy atom. The van der Waals surface area contributed by atoms with Crippen LogP contribution in [-0.2, 0) is 21.2 Å². The van der Waals surface area contributed by atoms with Crippen molar-refractivity contribution in [3.05, 3.63) is 35.6 Å². The normalized spacial score (nSPS) is 26.9. The van der Waals surface area contributed by atoms with E-state index in [1.807, 2.05) is 0 Å². The van der Waals surface area contributed by atoms with Gasteiger partial charge in [-0.1, -0.05) is 44.4 Å². The fourth-order valence-corrected chi connectivity index (χ4v) is 6.37. The van der Waals surface area contributed by atoms with E-state index < -0.39 is 9.84 Å². The first-order valence-electron chi connectivity index (χ1n) is 10.6. The molecule has 1 atom stereocenters. The molecule has 1 saturated heterocycles. The molecule has 0 radical (unpaired) electrons. The Hall–Kier alpha value is -1.43. The van der Waals surface area contributed by atoms with Crippen molar-refractivity contribution in [3.63, 3.8) is 0 Å². The van der Waals surface area contributed by atoms with Crippen LogP contribution in [0.5, 0.6) is 0 Å². The number of nitrogens with zero attached hydrogens (tertiary/aromatic N) is 1. The number of carbonyl (C=O) groups is 1. The van der Waals surface area contributed by atoms with E-state index in [2.05, 4.69) is 6.92 Å². The molecule has 6 heteroatoms. The third-order valence-electron chi connectivity index (χ3n) is 6.39. The molecule has 1 saturated carbocycles. The van der Waals surface area contributed by atoms with Crippen LogP contribution >= 0.6 is 0 Å². The molecule has 1 aromatic rings. The van der Waals surface area contributed by atoms with E-state index >= 15 is 0 Å². The second kappa shape index (κ2) is 9.38. The molecule has 2 aliphatic rings. The van der Waals surface area contributed by atoms with Gasteiger partial charge in [0.25, 0.3) is 0 Å². The summed E-state index contributed by atoms with van der Waals surface area (Å²) in [6, 6.07) is 6.12. The maximum atomic E-state index is 14.2. The van der Waals surface area contributed by atoms with Crippen LogP contribution in [0.4, 0.5) is 4.39 Å². The summed E-state index contributed by atoms with van der Waals surface area (Å²) in [5, 5.41) is 0. The summed E-state index contributed by atoms with van der Waals surface area (Å²) in [7, 11) is -3.11.